The van der Waals surface area contributed by atoms with Gasteiger partial charge in [-0.15, -0.1) is 0 Å². The molecule has 1 aromatic rings. The molecule has 0 amide bonds. The van der Waals surface area contributed by atoms with Crippen molar-refractivity contribution >= 4 is 23.0 Å². The molecule has 0 atom stereocenters. The fourth-order valence-corrected chi connectivity index (χ4v) is 1.81. The first-order chi connectivity index (χ1) is 9.19. The molecule has 1 rings (SSSR count). The number of nitrogens with two attached hydrogens (primary N) is 1. The molecule has 0 unspecified atom stereocenters. The first kappa shape index (κ1) is 15.8. The van der Waals surface area contributed by atoms with E-state index in [-0.39, 0.29) is 0 Å². The molecule has 1 aromatic heterocycles. The molecule has 106 valence electrons. The normalized spacial score (nSPS) is 10.4. The van der Waals surface area contributed by atoms with Crippen LogP contribution in [0.2, 0.25) is 0 Å². The van der Waals surface area contributed by atoms with Crippen LogP contribution in [0.5, 0.6) is 0 Å². The maximum Gasteiger partial charge on any atom is 0.129 e. The highest BCUT2D eigenvalue weighted by Crippen LogP contribution is 2.13. The van der Waals surface area contributed by atoms with E-state index in [0.29, 0.717) is 11.6 Å². The van der Waals surface area contributed by atoms with Crippen molar-refractivity contribution in [3.63, 3.8) is 0 Å². The van der Waals surface area contributed by atoms with E-state index >= 15 is 0 Å². The lowest BCUT2D eigenvalue weighted by atomic mass is 10.2. The number of hydrogen-bond acceptors (Lipinski definition) is 5. The van der Waals surface area contributed by atoms with E-state index in [4.69, 9.17) is 27.4 Å². The van der Waals surface area contributed by atoms with Crippen LogP contribution in [0.1, 0.15) is 12.0 Å². The summed E-state index contributed by atoms with van der Waals surface area (Å²) in [6, 6.07) is 3.72. The number of anilines is 1. The Morgan fingerprint density at radius 3 is 2.68 bits per heavy atom. The standard InChI is InChI=1S/C13H21N3O2S/c1-17-8-3-6-16(7-9-18-2)12-10-11(13(14)19)4-5-15-12/h4-5,10H,3,6-9H2,1-2H3,(H2,14,19). The van der Waals surface area contributed by atoms with Gasteiger partial charge in [-0.25, -0.2) is 4.98 Å². The summed E-state index contributed by atoms with van der Waals surface area (Å²) < 4.78 is 10.2. The van der Waals surface area contributed by atoms with Gasteiger partial charge in [0.1, 0.15) is 10.8 Å². The molecule has 0 aliphatic carbocycles. The minimum Gasteiger partial charge on any atom is -0.389 e. The van der Waals surface area contributed by atoms with Crippen LogP contribution in [0.15, 0.2) is 18.3 Å². The van der Waals surface area contributed by atoms with Crippen LogP contribution in [-0.4, -0.2) is 50.5 Å². The second-order valence-electron chi connectivity index (χ2n) is 4.09. The van der Waals surface area contributed by atoms with Gasteiger partial charge in [-0.2, -0.15) is 0 Å². The lowest BCUT2D eigenvalue weighted by molar-refractivity contribution is 0.191. The minimum atomic E-state index is 0.382. The third kappa shape index (κ3) is 5.50. The van der Waals surface area contributed by atoms with Crippen molar-refractivity contribution in [2.24, 2.45) is 5.73 Å². The Bertz CT molecular complexity index is 401. The topological polar surface area (TPSA) is 60.6 Å². The van der Waals surface area contributed by atoms with Crippen molar-refractivity contribution in [1.29, 1.82) is 0 Å². The van der Waals surface area contributed by atoms with Gasteiger partial charge in [0.15, 0.2) is 0 Å². The Hall–Kier alpha value is -1.24. The van der Waals surface area contributed by atoms with Gasteiger partial charge in [-0.3, -0.25) is 0 Å². The zero-order valence-corrected chi connectivity index (χ0v) is 12.3. The molecule has 0 saturated heterocycles. The molecule has 0 aliphatic heterocycles. The summed E-state index contributed by atoms with van der Waals surface area (Å²) in [6.07, 6.45) is 2.65. The molecule has 0 spiro atoms. The molecular weight excluding hydrogens is 262 g/mol. The molecule has 5 nitrogen and oxygen atoms in total. The number of methoxy groups -OCH3 is 2. The first-order valence-electron chi connectivity index (χ1n) is 6.17. The molecule has 2 N–H and O–H groups in total. The van der Waals surface area contributed by atoms with E-state index in [1.165, 1.54) is 0 Å². The zero-order chi connectivity index (χ0) is 14.1. The zero-order valence-electron chi connectivity index (χ0n) is 11.5. The summed E-state index contributed by atoms with van der Waals surface area (Å²) in [6.45, 7) is 2.99. The fourth-order valence-electron chi connectivity index (χ4n) is 1.69. The Kier molecular flexibility index (Phi) is 7.32. The third-order valence-corrected chi connectivity index (χ3v) is 2.93. The van der Waals surface area contributed by atoms with Crippen molar-refractivity contribution in [3.8, 4) is 0 Å². The van der Waals surface area contributed by atoms with Gasteiger partial charge in [0, 0.05) is 45.7 Å². The second-order valence-corrected chi connectivity index (χ2v) is 4.53. The van der Waals surface area contributed by atoms with Crippen LogP contribution in [0, 0.1) is 0 Å². The number of pyridine rings is 1. The number of hydrogen-bond donors (Lipinski definition) is 1. The number of nitrogens with zero attached hydrogens (tertiary/aromatic N) is 2. The van der Waals surface area contributed by atoms with E-state index in [9.17, 15) is 0 Å². The molecule has 0 aromatic carbocycles. The van der Waals surface area contributed by atoms with E-state index in [1.807, 2.05) is 12.1 Å². The minimum absolute atomic E-state index is 0.382. The van der Waals surface area contributed by atoms with Crippen molar-refractivity contribution in [2.45, 2.75) is 6.42 Å². The SMILES string of the molecule is COCCCN(CCOC)c1cc(C(N)=S)ccn1. The van der Waals surface area contributed by atoms with Crippen LogP contribution in [0.25, 0.3) is 0 Å². The molecule has 0 bridgehead atoms. The van der Waals surface area contributed by atoms with Gasteiger partial charge in [0.2, 0.25) is 0 Å². The Labute approximate surface area is 119 Å². The fraction of sp³-hybridized carbons (Fsp3) is 0.538. The van der Waals surface area contributed by atoms with Crippen LogP contribution >= 0.6 is 12.2 Å². The Morgan fingerprint density at radius 2 is 2.05 bits per heavy atom. The molecular formula is C13H21N3O2S. The van der Waals surface area contributed by atoms with E-state index in [0.717, 1.165) is 37.5 Å². The van der Waals surface area contributed by atoms with Crippen LogP contribution < -0.4 is 10.6 Å². The predicted molar refractivity (Wildman–Crippen MR) is 80.7 cm³/mol. The van der Waals surface area contributed by atoms with Gasteiger partial charge >= 0.3 is 0 Å². The molecule has 1 heterocycles. The number of thiocarbonyl (C=S) groups is 1. The molecule has 19 heavy (non-hydrogen) atoms. The molecule has 0 saturated carbocycles. The van der Waals surface area contributed by atoms with E-state index in [1.54, 1.807) is 20.4 Å². The second kappa shape index (κ2) is 8.79. The summed E-state index contributed by atoms with van der Waals surface area (Å²) in [5.41, 5.74) is 6.47. The maximum atomic E-state index is 5.65. The number of aromatic nitrogens is 1. The summed E-state index contributed by atoms with van der Waals surface area (Å²) in [5.74, 6) is 0.860. The summed E-state index contributed by atoms with van der Waals surface area (Å²) >= 11 is 4.99. The van der Waals surface area contributed by atoms with Gasteiger partial charge < -0.3 is 20.1 Å². The van der Waals surface area contributed by atoms with Crippen molar-refractivity contribution in [3.05, 3.63) is 23.9 Å². The summed E-state index contributed by atoms with van der Waals surface area (Å²) in [5, 5.41) is 0. The lowest BCUT2D eigenvalue weighted by Crippen LogP contribution is -2.30. The third-order valence-electron chi connectivity index (χ3n) is 2.70. The van der Waals surface area contributed by atoms with E-state index in [2.05, 4.69) is 9.88 Å². The molecule has 0 aliphatic rings. The quantitative estimate of drug-likeness (QED) is 0.543. The van der Waals surface area contributed by atoms with Crippen molar-refractivity contribution in [2.75, 3.05) is 45.4 Å². The monoisotopic (exact) mass is 283 g/mol. The van der Waals surface area contributed by atoms with Crippen molar-refractivity contribution in [1.82, 2.24) is 4.98 Å². The van der Waals surface area contributed by atoms with Crippen LogP contribution in [-0.2, 0) is 9.47 Å². The first-order valence-corrected chi connectivity index (χ1v) is 6.58. The van der Waals surface area contributed by atoms with Gasteiger partial charge in [0.25, 0.3) is 0 Å². The smallest absolute Gasteiger partial charge is 0.129 e. The number of rotatable bonds is 9. The molecule has 6 heteroatoms. The van der Waals surface area contributed by atoms with Crippen LogP contribution in [0.3, 0.4) is 0 Å². The number of ether oxygens (including phenoxy) is 2. The highest BCUT2D eigenvalue weighted by molar-refractivity contribution is 7.80. The molecule has 0 radical (unpaired) electrons. The summed E-state index contributed by atoms with van der Waals surface area (Å²) in [4.78, 5) is 6.89. The Morgan fingerprint density at radius 1 is 1.32 bits per heavy atom. The van der Waals surface area contributed by atoms with Gasteiger partial charge in [0.05, 0.1) is 6.61 Å². The van der Waals surface area contributed by atoms with Crippen LogP contribution in [0.4, 0.5) is 5.82 Å². The van der Waals surface area contributed by atoms with E-state index < -0.39 is 0 Å². The largest absolute Gasteiger partial charge is 0.389 e. The maximum absolute atomic E-state index is 5.65. The highest BCUT2D eigenvalue weighted by atomic mass is 32.1. The van der Waals surface area contributed by atoms with Gasteiger partial charge in [-0.1, -0.05) is 12.2 Å². The average molecular weight is 283 g/mol. The van der Waals surface area contributed by atoms with Crippen molar-refractivity contribution < 1.29 is 9.47 Å². The highest BCUT2D eigenvalue weighted by Gasteiger charge is 2.09. The summed E-state index contributed by atoms with van der Waals surface area (Å²) in [7, 11) is 3.39. The Balaban J connectivity index is 2.76. The van der Waals surface area contributed by atoms with Gasteiger partial charge in [-0.05, 0) is 18.6 Å². The molecule has 0 fully saturated rings. The predicted octanol–water partition coefficient (Wildman–Crippen LogP) is 1.21. The average Bonchev–Trinajstić information content (AvgIpc) is 2.43. The lowest BCUT2D eigenvalue weighted by Gasteiger charge is -2.23.